The molecule has 0 bridgehead atoms. The summed E-state index contributed by atoms with van der Waals surface area (Å²) in [6.07, 6.45) is 2.02. The van der Waals surface area contributed by atoms with E-state index in [0.29, 0.717) is 23.3 Å². The molecule has 0 unspecified atom stereocenters. The van der Waals surface area contributed by atoms with Crippen LogP contribution in [0.2, 0.25) is 0 Å². The van der Waals surface area contributed by atoms with Crippen molar-refractivity contribution in [1.29, 1.82) is 0 Å². The van der Waals surface area contributed by atoms with Crippen LogP contribution in [-0.2, 0) is 9.59 Å². The average molecular weight is 425 g/mol. The molecular weight excluding hydrogens is 398 g/mol. The number of ether oxygens (including phenoxy) is 1. The van der Waals surface area contributed by atoms with Crippen molar-refractivity contribution in [2.45, 2.75) is 39.0 Å². The van der Waals surface area contributed by atoms with Crippen LogP contribution in [-0.4, -0.2) is 42.0 Å². The molecule has 31 heavy (non-hydrogen) atoms. The number of amides is 2. The van der Waals surface area contributed by atoms with Crippen molar-refractivity contribution in [1.82, 2.24) is 9.97 Å². The number of aromatic nitrogens is 2. The Labute approximate surface area is 180 Å². The van der Waals surface area contributed by atoms with Crippen molar-refractivity contribution in [3.05, 3.63) is 39.7 Å². The third kappa shape index (κ3) is 4.26. The standard InChI is InChI=1S/C22H27N5O4/c1-12-6-7-16(31-3)15(9-12)23-20(29)14-10-17(28)24-19-18(14)21(30)26-22(25-19)27-8-4-5-13(2)11-27/h6-7,9,13-14H,4-5,8,10-11H2,1-3H3,(H,23,29)(H2,24,25,26,28,30)/t13-,14-/m1/s1. The molecule has 0 radical (unpaired) electrons. The van der Waals surface area contributed by atoms with Gasteiger partial charge in [-0.1, -0.05) is 13.0 Å². The van der Waals surface area contributed by atoms with Crippen LogP contribution in [0.3, 0.4) is 0 Å². The van der Waals surface area contributed by atoms with Crippen molar-refractivity contribution in [3.8, 4) is 5.75 Å². The van der Waals surface area contributed by atoms with E-state index in [4.69, 9.17) is 4.74 Å². The Balaban J connectivity index is 1.66. The van der Waals surface area contributed by atoms with Crippen molar-refractivity contribution in [3.63, 3.8) is 0 Å². The minimum Gasteiger partial charge on any atom is -0.495 e. The number of piperidine rings is 1. The van der Waals surface area contributed by atoms with Gasteiger partial charge in [-0.2, -0.15) is 4.98 Å². The second kappa shape index (κ2) is 8.41. The van der Waals surface area contributed by atoms with Crippen LogP contribution in [0.1, 0.15) is 43.2 Å². The Morgan fingerprint density at radius 2 is 2.13 bits per heavy atom. The highest BCUT2D eigenvalue weighted by atomic mass is 16.5. The first-order chi connectivity index (χ1) is 14.9. The SMILES string of the molecule is COc1ccc(C)cc1NC(=O)[C@@H]1CC(=O)Nc2nc(N3CCC[C@@H](C)C3)[nH]c(=O)c21. The Kier molecular flexibility index (Phi) is 5.67. The number of carbonyl (C=O) groups is 2. The van der Waals surface area contributed by atoms with Gasteiger partial charge in [-0.05, 0) is 43.4 Å². The van der Waals surface area contributed by atoms with E-state index < -0.39 is 17.4 Å². The molecule has 3 N–H and O–H groups in total. The number of H-pyrrole nitrogens is 1. The van der Waals surface area contributed by atoms with Gasteiger partial charge in [0.05, 0.1) is 24.3 Å². The van der Waals surface area contributed by atoms with Crippen LogP contribution in [0.5, 0.6) is 5.75 Å². The van der Waals surface area contributed by atoms with Crippen LogP contribution in [0.15, 0.2) is 23.0 Å². The second-order valence-corrected chi connectivity index (χ2v) is 8.34. The lowest BCUT2D eigenvalue weighted by molar-refractivity contribution is -0.123. The predicted octanol–water partition coefficient (Wildman–Crippen LogP) is 2.39. The summed E-state index contributed by atoms with van der Waals surface area (Å²) in [6.45, 7) is 5.63. The summed E-state index contributed by atoms with van der Waals surface area (Å²) in [7, 11) is 1.52. The minimum atomic E-state index is -0.945. The molecule has 1 fully saturated rings. The number of methoxy groups -OCH3 is 1. The number of nitrogens with one attached hydrogen (secondary N) is 3. The fourth-order valence-electron chi connectivity index (χ4n) is 4.25. The Bertz CT molecular complexity index is 1080. The number of anilines is 3. The zero-order valence-electron chi connectivity index (χ0n) is 17.9. The summed E-state index contributed by atoms with van der Waals surface area (Å²) in [5, 5.41) is 5.48. The zero-order chi connectivity index (χ0) is 22.1. The maximum Gasteiger partial charge on any atom is 0.258 e. The molecule has 0 aliphatic carbocycles. The molecule has 2 amide bonds. The molecular formula is C22H27N5O4. The van der Waals surface area contributed by atoms with E-state index in [1.807, 2.05) is 17.9 Å². The van der Waals surface area contributed by atoms with Crippen molar-refractivity contribution >= 4 is 29.3 Å². The fourth-order valence-corrected chi connectivity index (χ4v) is 4.25. The number of aromatic amines is 1. The zero-order valence-corrected chi connectivity index (χ0v) is 17.9. The van der Waals surface area contributed by atoms with Crippen LogP contribution in [0.4, 0.5) is 17.5 Å². The van der Waals surface area contributed by atoms with Gasteiger partial charge >= 0.3 is 0 Å². The molecule has 2 atom stereocenters. The first-order valence-corrected chi connectivity index (χ1v) is 10.5. The van der Waals surface area contributed by atoms with Crippen LogP contribution in [0.25, 0.3) is 0 Å². The first-order valence-electron chi connectivity index (χ1n) is 10.5. The second-order valence-electron chi connectivity index (χ2n) is 8.34. The van der Waals surface area contributed by atoms with E-state index in [1.165, 1.54) is 7.11 Å². The van der Waals surface area contributed by atoms with E-state index in [2.05, 4.69) is 27.5 Å². The van der Waals surface area contributed by atoms with Gasteiger partial charge in [-0.3, -0.25) is 19.4 Å². The number of benzene rings is 1. The van der Waals surface area contributed by atoms with Crippen molar-refractivity contribution < 1.29 is 14.3 Å². The van der Waals surface area contributed by atoms with E-state index in [-0.39, 0.29) is 23.7 Å². The summed E-state index contributed by atoms with van der Waals surface area (Å²) < 4.78 is 5.31. The summed E-state index contributed by atoms with van der Waals surface area (Å²) in [4.78, 5) is 47.8. The molecule has 2 aliphatic heterocycles. The molecule has 3 heterocycles. The molecule has 2 aromatic rings. The largest absolute Gasteiger partial charge is 0.495 e. The summed E-state index contributed by atoms with van der Waals surface area (Å²) in [5.41, 5.74) is 1.20. The van der Waals surface area contributed by atoms with E-state index >= 15 is 0 Å². The number of hydrogen-bond acceptors (Lipinski definition) is 6. The van der Waals surface area contributed by atoms with Crippen LogP contribution < -0.4 is 25.8 Å². The Hall–Kier alpha value is -3.36. The fraction of sp³-hybridized carbons (Fsp3) is 0.455. The van der Waals surface area contributed by atoms with Gasteiger partial charge in [0.15, 0.2) is 0 Å². The smallest absolute Gasteiger partial charge is 0.258 e. The van der Waals surface area contributed by atoms with Crippen molar-refractivity contribution in [2.75, 3.05) is 35.7 Å². The summed E-state index contributed by atoms with van der Waals surface area (Å²) in [6, 6.07) is 5.41. The third-order valence-corrected chi connectivity index (χ3v) is 5.82. The number of carbonyl (C=O) groups excluding carboxylic acids is 2. The molecule has 1 saturated heterocycles. The Morgan fingerprint density at radius 3 is 2.87 bits per heavy atom. The van der Waals surface area contributed by atoms with Gasteiger partial charge in [0, 0.05) is 19.5 Å². The molecule has 0 saturated carbocycles. The van der Waals surface area contributed by atoms with Crippen molar-refractivity contribution in [2.24, 2.45) is 5.92 Å². The van der Waals surface area contributed by atoms with Gasteiger partial charge in [0.2, 0.25) is 17.8 Å². The molecule has 1 aromatic carbocycles. The van der Waals surface area contributed by atoms with Gasteiger partial charge < -0.3 is 20.3 Å². The van der Waals surface area contributed by atoms with E-state index in [1.54, 1.807) is 12.1 Å². The van der Waals surface area contributed by atoms with E-state index in [0.717, 1.165) is 31.5 Å². The molecule has 9 nitrogen and oxygen atoms in total. The number of hydrogen-bond donors (Lipinski definition) is 3. The number of rotatable bonds is 4. The Morgan fingerprint density at radius 1 is 1.32 bits per heavy atom. The highest BCUT2D eigenvalue weighted by molar-refractivity contribution is 6.05. The van der Waals surface area contributed by atoms with Gasteiger partial charge in [-0.15, -0.1) is 0 Å². The van der Waals surface area contributed by atoms with Crippen LogP contribution >= 0.6 is 0 Å². The highest BCUT2D eigenvalue weighted by Crippen LogP contribution is 2.32. The minimum absolute atomic E-state index is 0.127. The normalized spacial score (nSPS) is 20.6. The van der Waals surface area contributed by atoms with Gasteiger partial charge in [-0.25, -0.2) is 0 Å². The maximum atomic E-state index is 13.1. The number of fused-ring (bicyclic) bond motifs is 1. The summed E-state index contributed by atoms with van der Waals surface area (Å²) >= 11 is 0. The van der Waals surface area contributed by atoms with E-state index in [9.17, 15) is 14.4 Å². The lowest BCUT2D eigenvalue weighted by Gasteiger charge is -2.32. The highest BCUT2D eigenvalue weighted by Gasteiger charge is 2.35. The predicted molar refractivity (Wildman–Crippen MR) is 118 cm³/mol. The molecule has 0 spiro atoms. The molecule has 4 rings (SSSR count). The number of aryl methyl sites for hydroxylation is 1. The lowest BCUT2D eigenvalue weighted by atomic mass is 9.92. The molecule has 2 aliphatic rings. The quantitative estimate of drug-likeness (QED) is 0.693. The lowest BCUT2D eigenvalue weighted by Crippen LogP contribution is -2.40. The first kappa shape index (κ1) is 20.9. The van der Waals surface area contributed by atoms with Gasteiger partial charge in [0.25, 0.3) is 5.56 Å². The molecule has 1 aromatic heterocycles. The topological polar surface area (TPSA) is 116 Å². The third-order valence-electron chi connectivity index (χ3n) is 5.82. The molecule has 164 valence electrons. The molecule has 9 heteroatoms. The van der Waals surface area contributed by atoms with Gasteiger partial charge in [0.1, 0.15) is 11.6 Å². The maximum absolute atomic E-state index is 13.1. The average Bonchev–Trinajstić information content (AvgIpc) is 2.73. The number of nitrogens with zero attached hydrogens (tertiary/aromatic N) is 2. The monoisotopic (exact) mass is 425 g/mol. The van der Waals surface area contributed by atoms with Crippen LogP contribution in [0, 0.1) is 12.8 Å². The summed E-state index contributed by atoms with van der Waals surface area (Å²) in [5.74, 6) is -0.166.